The molecule has 4 nitrogen and oxygen atoms in total. The van der Waals surface area contributed by atoms with Gasteiger partial charge in [0, 0.05) is 17.4 Å². The van der Waals surface area contributed by atoms with Gasteiger partial charge in [-0.3, -0.25) is 5.43 Å². The Morgan fingerprint density at radius 3 is 2.59 bits per heavy atom. The summed E-state index contributed by atoms with van der Waals surface area (Å²) in [7, 11) is 0. The molecule has 0 bridgehead atoms. The molecule has 0 aliphatic rings. The van der Waals surface area contributed by atoms with E-state index in [4.69, 9.17) is 23.2 Å². The average Bonchev–Trinajstić information content (AvgIpc) is 3.04. The number of hydrazone groups is 1. The number of benzene rings is 2. The summed E-state index contributed by atoms with van der Waals surface area (Å²) in [6.07, 6.45) is 5.36. The maximum Gasteiger partial charge on any atom is 0.0749 e. The Hall–Kier alpha value is -2.30. The van der Waals surface area contributed by atoms with Crippen LogP contribution in [0.1, 0.15) is 5.56 Å². The quantitative estimate of drug-likeness (QED) is 0.560. The number of aromatic nitrogens is 2. The van der Waals surface area contributed by atoms with Crippen LogP contribution in [0.25, 0.3) is 5.69 Å². The molecule has 0 aliphatic heterocycles. The predicted molar refractivity (Wildman–Crippen MR) is 91.2 cm³/mol. The highest BCUT2D eigenvalue weighted by molar-refractivity contribution is 6.36. The third-order valence-electron chi connectivity index (χ3n) is 2.99. The van der Waals surface area contributed by atoms with Gasteiger partial charge in [0.25, 0.3) is 0 Å². The molecule has 0 unspecified atom stereocenters. The van der Waals surface area contributed by atoms with Crippen molar-refractivity contribution >= 4 is 35.1 Å². The lowest BCUT2D eigenvalue weighted by atomic mass is 10.2. The van der Waals surface area contributed by atoms with Crippen LogP contribution in [0.5, 0.6) is 0 Å². The van der Waals surface area contributed by atoms with Crippen LogP contribution in [0.15, 0.2) is 66.0 Å². The summed E-state index contributed by atoms with van der Waals surface area (Å²) in [6, 6.07) is 15.0. The summed E-state index contributed by atoms with van der Waals surface area (Å²) < 4.78 is 1.80. The summed E-state index contributed by atoms with van der Waals surface area (Å²) in [6.45, 7) is 0. The Morgan fingerprint density at radius 2 is 1.91 bits per heavy atom. The van der Waals surface area contributed by atoms with Crippen molar-refractivity contribution in [3.63, 3.8) is 0 Å². The van der Waals surface area contributed by atoms with Crippen molar-refractivity contribution in [1.29, 1.82) is 0 Å². The van der Waals surface area contributed by atoms with E-state index in [1.54, 1.807) is 35.3 Å². The van der Waals surface area contributed by atoms with Crippen LogP contribution in [0, 0.1) is 0 Å². The van der Waals surface area contributed by atoms with E-state index in [-0.39, 0.29) is 0 Å². The van der Waals surface area contributed by atoms with E-state index in [9.17, 15) is 0 Å². The van der Waals surface area contributed by atoms with E-state index in [1.165, 1.54) is 0 Å². The van der Waals surface area contributed by atoms with Crippen molar-refractivity contribution in [2.24, 2.45) is 5.10 Å². The summed E-state index contributed by atoms with van der Waals surface area (Å²) in [5.74, 6) is 0. The van der Waals surface area contributed by atoms with E-state index < -0.39 is 0 Å². The molecule has 3 aromatic rings. The molecule has 1 heterocycles. The lowest BCUT2D eigenvalue weighted by molar-refractivity contribution is 0.880. The second-order valence-corrected chi connectivity index (χ2v) is 5.38. The van der Waals surface area contributed by atoms with Gasteiger partial charge in [0.1, 0.15) is 0 Å². The maximum atomic E-state index is 6.06. The van der Waals surface area contributed by atoms with Gasteiger partial charge in [0.2, 0.25) is 0 Å². The molecule has 0 fully saturated rings. The molecule has 0 amide bonds. The van der Waals surface area contributed by atoms with Gasteiger partial charge >= 0.3 is 0 Å². The topological polar surface area (TPSA) is 42.2 Å². The van der Waals surface area contributed by atoms with Gasteiger partial charge in [0.05, 0.1) is 22.6 Å². The first-order chi connectivity index (χ1) is 10.7. The summed E-state index contributed by atoms with van der Waals surface area (Å²) in [5, 5.41) is 9.47. The number of hydrogen-bond donors (Lipinski definition) is 1. The zero-order valence-electron chi connectivity index (χ0n) is 11.4. The number of nitrogens with one attached hydrogen (secondary N) is 1. The van der Waals surface area contributed by atoms with E-state index in [2.05, 4.69) is 15.6 Å². The molecule has 110 valence electrons. The van der Waals surface area contributed by atoms with Crippen molar-refractivity contribution in [3.05, 3.63) is 76.5 Å². The highest BCUT2D eigenvalue weighted by atomic mass is 35.5. The molecule has 0 aliphatic carbocycles. The van der Waals surface area contributed by atoms with Crippen molar-refractivity contribution in [2.45, 2.75) is 0 Å². The zero-order valence-corrected chi connectivity index (χ0v) is 13.0. The van der Waals surface area contributed by atoms with Gasteiger partial charge in [-0.25, -0.2) is 4.68 Å². The molecule has 2 aromatic carbocycles. The van der Waals surface area contributed by atoms with Crippen molar-refractivity contribution in [2.75, 3.05) is 5.43 Å². The molecule has 1 aromatic heterocycles. The van der Waals surface area contributed by atoms with Gasteiger partial charge in [-0.15, -0.1) is 0 Å². The number of halogens is 2. The van der Waals surface area contributed by atoms with Gasteiger partial charge < -0.3 is 0 Å². The lowest BCUT2D eigenvalue weighted by Crippen LogP contribution is -1.95. The summed E-state index contributed by atoms with van der Waals surface area (Å²) in [5.41, 5.74) is 5.56. The van der Waals surface area contributed by atoms with Crippen molar-refractivity contribution < 1.29 is 0 Å². The molecule has 1 N–H and O–H groups in total. The van der Waals surface area contributed by atoms with Gasteiger partial charge in [-0.05, 0) is 42.0 Å². The molecule has 3 rings (SSSR count). The standard InChI is InChI=1S/C16H12Cl2N4/c17-13-4-7-16(15(18)10-13)21-19-11-12-2-5-14(6-3-12)22-9-1-8-20-22/h1-11,21H/b19-11+. The van der Waals surface area contributed by atoms with Crippen molar-refractivity contribution in [3.8, 4) is 5.69 Å². The average molecular weight is 331 g/mol. The van der Waals surface area contributed by atoms with Crippen LogP contribution in [-0.4, -0.2) is 16.0 Å². The third kappa shape index (κ3) is 3.47. The Balaban J connectivity index is 1.68. The molecule has 0 spiro atoms. The first-order valence-electron chi connectivity index (χ1n) is 6.56. The molecule has 0 atom stereocenters. The SMILES string of the molecule is Clc1ccc(N/N=C/c2ccc(-n3cccn3)cc2)c(Cl)c1. The molecule has 6 heteroatoms. The minimum absolute atomic E-state index is 0.527. The summed E-state index contributed by atoms with van der Waals surface area (Å²) >= 11 is 11.9. The zero-order chi connectivity index (χ0) is 15.4. The first kappa shape index (κ1) is 14.6. The van der Waals surface area contributed by atoms with Gasteiger partial charge in [-0.2, -0.15) is 10.2 Å². The maximum absolute atomic E-state index is 6.06. The molecular formula is C16H12Cl2N4. The largest absolute Gasteiger partial charge is 0.277 e. The molecule has 0 saturated heterocycles. The highest BCUT2D eigenvalue weighted by Gasteiger charge is 1.99. The molecule has 0 radical (unpaired) electrons. The summed E-state index contributed by atoms with van der Waals surface area (Å²) in [4.78, 5) is 0. The van der Waals surface area contributed by atoms with E-state index >= 15 is 0 Å². The van der Waals surface area contributed by atoms with E-state index in [1.807, 2.05) is 36.5 Å². The number of anilines is 1. The van der Waals surface area contributed by atoms with Crippen LogP contribution >= 0.6 is 23.2 Å². The minimum atomic E-state index is 0.527. The van der Waals surface area contributed by atoms with Gasteiger partial charge in [-0.1, -0.05) is 35.3 Å². The fourth-order valence-electron chi connectivity index (χ4n) is 1.89. The minimum Gasteiger partial charge on any atom is -0.277 e. The fourth-order valence-corrected chi connectivity index (χ4v) is 2.34. The van der Waals surface area contributed by atoms with Gasteiger partial charge in [0.15, 0.2) is 0 Å². The second kappa shape index (κ2) is 6.64. The Bertz CT molecular complexity index is 780. The Labute approximate surface area is 138 Å². The molecule has 22 heavy (non-hydrogen) atoms. The van der Waals surface area contributed by atoms with Crippen LogP contribution in [0.3, 0.4) is 0 Å². The number of hydrogen-bond acceptors (Lipinski definition) is 3. The smallest absolute Gasteiger partial charge is 0.0749 e. The highest BCUT2D eigenvalue weighted by Crippen LogP contribution is 2.25. The van der Waals surface area contributed by atoms with E-state index in [0.29, 0.717) is 15.7 Å². The lowest BCUT2D eigenvalue weighted by Gasteiger charge is -2.03. The first-order valence-corrected chi connectivity index (χ1v) is 7.32. The second-order valence-electron chi connectivity index (χ2n) is 4.54. The fraction of sp³-hybridized carbons (Fsp3) is 0. The Morgan fingerprint density at radius 1 is 1.09 bits per heavy atom. The van der Waals surface area contributed by atoms with Crippen LogP contribution in [0.4, 0.5) is 5.69 Å². The predicted octanol–water partition coefficient (Wildman–Crippen LogP) is 4.63. The van der Waals surface area contributed by atoms with E-state index in [0.717, 1.165) is 11.3 Å². The molecular weight excluding hydrogens is 319 g/mol. The molecule has 0 saturated carbocycles. The van der Waals surface area contributed by atoms with Crippen molar-refractivity contribution in [1.82, 2.24) is 9.78 Å². The number of nitrogens with zero attached hydrogens (tertiary/aromatic N) is 3. The van der Waals surface area contributed by atoms with Crippen LogP contribution in [0.2, 0.25) is 10.0 Å². The third-order valence-corrected chi connectivity index (χ3v) is 3.54. The normalized spacial score (nSPS) is 11.0. The van der Waals surface area contributed by atoms with Crippen LogP contribution < -0.4 is 5.43 Å². The van der Waals surface area contributed by atoms with Crippen LogP contribution in [-0.2, 0) is 0 Å². The monoisotopic (exact) mass is 330 g/mol. The number of rotatable bonds is 4. The Kier molecular flexibility index (Phi) is 4.42.